The van der Waals surface area contributed by atoms with Crippen LogP contribution in [0, 0.1) is 0 Å². The molecular weight excluding hydrogens is 282 g/mol. The summed E-state index contributed by atoms with van der Waals surface area (Å²) in [5.74, 6) is 1.21. The van der Waals surface area contributed by atoms with Gasteiger partial charge in [0.1, 0.15) is 0 Å². The summed E-state index contributed by atoms with van der Waals surface area (Å²) in [5, 5.41) is 1.55. The van der Waals surface area contributed by atoms with Gasteiger partial charge in [0.2, 0.25) is 0 Å². The first-order chi connectivity index (χ1) is 10.4. The van der Waals surface area contributed by atoms with E-state index in [0.29, 0.717) is 11.8 Å². The topological polar surface area (TPSA) is 12.9 Å². The van der Waals surface area contributed by atoms with E-state index in [1.54, 1.807) is 5.19 Å². The molecule has 0 aliphatic carbocycles. The molecule has 2 rings (SSSR count). The molecule has 118 valence electrons. The van der Waals surface area contributed by atoms with Gasteiger partial charge in [-0.2, -0.15) is 0 Å². The molecule has 2 heteroatoms. The standard InChI is InChI=1S/C20H29NSi/c1-6-17(15-16(2)18-11-13-21-14-12-18)19-7-9-20(10-8-19)22(3,4)5/h7-14,16-17H,6,15H2,1-5H3. The smallest absolute Gasteiger partial charge is 0.0775 e. The summed E-state index contributed by atoms with van der Waals surface area (Å²) in [6, 6.07) is 13.7. The zero-order chi connectivity index (χ0) is 16.2. The molecule has 0 spiro atoms. The molecule has 2 unspecified atom stereocenters. The van der Waals surface area contributed by atoms with Crippen LogP contribution in [0.3, 0.4) is 0 Å². The van der Waals surface area contributed by atoms with E-state index in [-0.39, 0.29) is 0 Å². The number of pyridine rings is 1. The number of benzene rings is 1. The van der Waals surface area contributed by atoms with E-state index in [9.17, 15) is 0 Å². The molecule has 0 radical (unpaired) electrons. The number of aromatic nitrogens is 1. The van der Waals surface area contributed by atoms with Crippen molar-refractivity contribution in [3.05, 3.63) is 59.9 Å². The van der Waals surface area contributed by atoms with E-state index in [1.807, 2.05) is 12.4 Å². The first-order valence-electron chi connectivity index (χ1n) is 8.42. The van der Waals surface area contributed by atoms with Gasteiger partial charge in [-0.05, 0) is 47.9 Å². The predicted molar refractivity (Wildman–Crippen MR) is 99.7 cm³/mol. The van der Waals surface area contributed by atoms with Crippen LogP contribution in [0.2, 0.25) is 19.6 Å². The minimum Gasteiger partial charge on any atom is -0.265 e. The predicted octanol–water partition coefficient (Wildman–Crippen LogP) is 5.31. The molecule has 22 heavy (non-hydrogen) atoms. The number of nitrogens with zero attached hydrogens (tertiary/aromatic N) is 1. The zero-order valence-electron chi connectivity index (χ0n) is 14.6. The van der Waals surface area contributed by atoms with Crippen LogP contribution < -0.4 is 5.19 Å². The van der Waals surface area contributed by atoms with Crippen molar-refractivity contribution in [1.29, 1.82) is 0 Å². The third kappa shape index (κ3) is 4.29. The molecule has 0 saturated heterocycles. The van der Waals surface area contributed by atoms with Gasteiger partial charge < -0.3 is 0 Å². The maximum Gasteiger partial charge on any atom is 0.0775 e. The van der Waals surface area contributed by atoms with Gasteiger partial charge in [0.15, 0.2) is 0 Å². The lowest BCUT2D eigenvalue weighted by Gasteiger charge is -2.22. The Labute approximate surface area is 136 Å². The second kappa shape index (κ2) is 7.23. The van der Waals surface area contributed by atoms with Crippen molar-refractivity contribution in [3.63, 3.8) is 0 Å². The van der Waals surface area contributed by atoms with Crippen molar-refractivity contribution in [3.8, 4) is 0 Å². The highest BCUT2D eigenvalue weighted by molar-refractivity contribution is 6.88. The fourth-order valence-corrected chi connectivity index (χ4v) is 4.22. The van der Waals surface area contributed by atoms with Crippen molar-refractivity contribution in [2.45, 2.75) is 58.2 Å². The lowest BCUT2D eigenvalue weighted by atomic mass is 9.85. The van der Waals surface area contributed by atoms with Gasteiger partial charge in [-0.1, -0.05) is 62.9 Å². The quantitative estimate of drug-likeness (QED) is 0.658. The van der Waals surface area contributed by atoms with Crippen molar-refractivity contribution in [1.82, 2.24) is 4.98 Å². The van der Waals surface area contributed by atoms with E-state index >= 15 is 0 Å². The lowest BCUT2D eigenvalue weighted by molar-refractivity contribution is 0.544. The summed E-state index contributed by atoms with van der Waals surface area (Å²) >= 11 is 0. The fourth-order valence-electron chi connectivity index (χ4n) is 3.05. The van der Waals surface area contributed by atoms with E-state index in [4.69, 9.17) is 0 Å². The third-order valence-electron chi connectivity index (χ3n) is 4.65. The minimum absolute atomic E-state index is 0.574. The third-order valence-corrected chi connectivity index (χ3v) is 6.72. The largest absolute Gasteiger partial charge is 0.265 e. The van der Waals surface area contributed by atoms with Crippen LogP contribution in [0.5, 0.6) is 0 Å². The maximum absolute atomic E-state index is 4.12. The maximum atomic E-state index is 4.12. The molecule has 0 aliphatic heterocycles. The molecule has 1 aromatic heterocycles. The fraction of sp³-hybridized carbons (Fsp3) is 0.450. The zero-order valence-corrected chi connectivity index (χ0v) is 15.6. The van der Waals surface area contributed by atoms with Gasteiger partial charge in [0.25, 0.3) is 0 Å². The second-order valence-corrected chi connectivity index (χ2v) is 12.5. The van der Waals surface area contributed by atoms with Crippen LogP contribution in [0.25, 0.3) is 0 Å². The molecule has 0 aliphatic rings. The van der Waals surface area contributed by atoms with Crippen LogP contribution in [0.15, 0.2) is 48.8 Å². The van der Waals surface area contributed by atoms with Crippen molar-refractivity contribution >= 4 is 13.3 Å². The SMILES string of the molecule is CCC(CC(C)c1ccncc1)c1ccc([Si](C)(C)C)cc1. The Morgan fingerprint density at radius 1 is 0.909 bits per heavy atom. The number of rotatable bonds is 6. The van der Waals surface area contributed by atoms with Crippen LogP contribution >= 0.6 is 0 Å². The van der Waals surface area contributed by atoms with Gasteiger partial charge in [-0.3, -0.25) is 4.98 Å². The highest BCUT2D eigenvalue weighted by Crippen LogP contribution is 2.31. The van der Waals surface area contributed by atoms with Gasteiger partial charge in [0.05, 0.1) is 8.07 Å². The van der Waals surface area contributed by atoms with Crippen molar-refractivity contribution in [2.75, 3.05) is 0 Å². The summed E-state index contributed by atoms with van der Waals surface area (Å²) < 4.78 is 0. The Balaban J connectivity index is 2.11. The van der Waals surface area contributed by atoms with Gasteiger partial charge in [-0.15, -0.1) is 0 Å². The summed E-state index contributed by atoms with van der Waals surface area (Å²) in [7, 11) is -1.19. The van der Waals surface area contributed by atoms with Crippen LogP contribution in [0.4, 0.5) is 0 Å². The van der Waals surface area contributed by atoms with Crippen LogP contribution in [0.1, 0.15) is 49.7 Å². The molecule has 1 heterocycles. The molecule has 0 amide bonds. The Hall–Kier alpha value is -1.41. The van der Waals surface area contributed by atoms with E-state index in [1.165, 1.54) is 24.0 Å². The first-order valence-corrected chi connectivity index (χ1v) is 11.9. The Morgan fingerprint density at radius 2 is 1.50 bits per heavy atom. The summed E-state index contributed by atoms with van der Waals surface area (Å²) in [6.07, 6.45) is 6.19. The molecule has 0 saturated carbocycles. The average molecular weight is 312 g/mol. The highest BCUT2D eigenvalue weighted by atomic mass is 28.3. The monoisotopic (exact) mass is 311 g/mol. The minimum atomic E-state index is -1.19. The number of hydrogen-bond donors (Lipinski definition) is 0. The number of hydrogen-bond acceptors (Lipinski definition) is 1. The van der Waals surface area contributed by atoms with Gasteiger partial charge in [-0.25, -0.2) is 0 Å². The van der Waals surface area contributed by atoms with E-state index in [2.05, 4.69) is 74.9 Å². The molecule has 2 atom stereocenters. The second-order valence-electron chi connectivity index (χ2n) is 7.39. The van der Waals surface area contributed by atoms with Crippen molar-refractivity contribution < 1.29 is 0 Å². The summed E-state index contributed by atoms with van der Waals surface area (Å²) in [6.45, 7) is 11.9. The van der Waals surface area contributed by atoms with Gasteiger partial charge >= 0.3 is 0 Å². The molecule has 2 aromatic rings. The average Bonchev–Trinajstić information content (AvgIpc) is 2.52. The van der Waals surface area contributed by atoms with E-state index in [0.717, 1.165) is 0 Å². The van der Waals surface area contributed by atoms with Crippen molar-refractivity contribution in [2.24, 2.45) is 0 Å². The molecule has 1 nitrogen and oxygen atoms in total. The molecule has 1 aromatic carbocycles. The molecule has 0 N–H and O–H groups in total. The van der Waals surface area contributed by atoms with Crippen LogP contribution in [-0.2, 0) is 0 Å². The summed E-state index contributed by atoms with van der Waals surface area (Å²) in [4.78, 5) is 4.12. The molecule has 0 bridgehead atoms. The highest BCUT2D eigenvalue weighted by Gasteiger charge is 2.18. The molecular formula is C20H29NSi. The lowest BCUT2D eigenvalue weighted by Crippen LogP contribution is -2.37. The van der Waals surface area contributed by atoms with Crippen LogP contribution in [-0.4, -0.2) is 13.1 Å². The Kier molecular flexibility index (Phi) is 5.57. The Morgan fingerprint density at radius 3 is 2.00 bits per heavy atom. The Bertz CT molecular complexity index is 569. The van der Waals surface area contributed by atoms with Gasteiger partial charge in [0, 0.05) is 12.4 Å². The van der Waals surface area contributed by atoms with E-state index < -0.39 is 8.07 Å². The first kappa shape index (κ1) is 16.9. The normalized spacial score (nSPS) is 14.6. The molecule has 0 fully saturated rings. The summed E-state index contributed by atoms with van der Waals surface area (Å²) in [5.41, 5.74) is 2.89.